The van der Waals surface area contributed by atoms with Gasteiger partial charge in [-0.3, -0.25) is 0 Å². The molecule has 0 aromatic heterocycles. The Hall–Kier alpha value is -5.20. The highest BCUT2D eigenvalue weighted by atomic mass is 14.4. The van der Waals surface area contributed by atoms with E-state index in [1.54, 1.807) is 0 Å². The van der Waals surface area contributed by atoms with Crippen LogP contribution in [-0.4, -0.2) is 0 Å². The molecule has 200 valence electrons. The van der Waals surface area contributed by atoms with Crippen LogP contribution < -0.4 is 0 Å². The Labute approximate surface area is 251 Å². The topological polar surface area (TPSA) is 0 Å². The second-order valence-corrected chi connectivity index (χ2v) is 12.9. The lowest BCUT2D eigenvalue weighted by molar-refractivity contribution is 0.660. The first-order valence-electron chi connectivity index (χ1n) is 15.3. The molecule has 0 amide bonds. The third kappa shape index (κ3) is 2.91. The van der Waals surface area contributed by atoms with E-state index in [0.717, 1.165) is 0 Å². The Morgan fingerprint density at radius 1 is 0.349 bits per heavy atom. The summed E-state index contributed by atoms with van der Waals surface area (Å²) in [6, 6.07) is 50.2. The molecular weight excluding hydrogens is 516 g/mol. The molecular formula is C43H28. The first kappa shape index (κ1) is 23.4. The molecule has 0 heterocycles. The predicted octanol–water partition coefficient (Wildman–Crippen LogP) is 11.9. The highest BCUT2D eigenvalue weighted by Crippen LogP contribution is 2.58. The van der Waals surface area contributed by atoms with Crippen LogP contribution in [0.4, 0.5) is 0 Å². The summed E-state index contributed by atoms with van der Waals surface area (Å²) in [6.07, 6.45) is 0. The SMILES string of the molecule is CC1(C)c2ccccc2-c2cc3c(cc21)-c1ccc2ccc4c(-c5ccccc5)cc(-c5ccccc5)c5cc-3c1c2c45. The van der Waals surface area contributed by atoms with Crippen molar-refractivity contribution in [3.8, 4) is 55.6 Å². The molecule has 2 aliphatic rings. The Morgan fingerprint density at radius 2 is 0.977 bits per heavy atom. The zero-order valence-electron chi connectivity index (χ0n) is 24.2. The molecule has 0 bridgehead atoms. The van der Waals surface area contributed by atoms with E-state index in [4.69, 9.17) is 0 Å². The van der Waals surface area contributed by atoms with Crippen LogP contribution in [0.25, 0.3) is 88.0 Å². The third-order valence-corrected chi connectivity index (χ3v) is 10.4. The van der Waals surface area contributed by atoms with Gasteiger partial charge in [-0.1, -0.05) is 123 Å². The van der Waals surface area contributed by atoms with Crippen LogP contribution in [0.3, 0.4) is 0 Å². The van der Waals surface area contributed by atoms with Gasteiger partial charge in [-0.05, 0) is 123 Å². The van der Waals surface area contributed by atoms with Gasteiger partial charge in [0.05, 0.1) is 0 Å². The molecule has 0 nitrogen and oxygen atoms in total. The second-order valence-electron chi connectivity index (χ2n) is 12.9. The lowest BCUT2D eigenvalue weighted by atomic mass is 9.81. The van der Waals surface area contributed by atoms with Crippen LogP contribution in [0.5, 0.6) is 0 Å². The molecule has 0 aliphatic heterocycles. The molecule has 8 aromatic carbocycles. The highest BCUT2D eigenvalue weighted by molar-refractivity contribution is 6.35. The molecule has 2 aliphatic carbocycles. The monoisotopic (exact) mass is 544 g/mol. The molecule has 0 spiro atoms. The van der Waals surface area contributed by atoms with Crippen LogP contribution in [0, 0.1) is 0 Å². The number of fused-ring (bicyclic) bond motifs is 6. The summed E-state index contributed by atoms with van der Waals surface area (Å²) in [6.45, 7) is 4.76. The average Bonchev–Trinajstić information content (AvgIpc) is 3.49. The van der Waals surface area contributed by atoms with Gasteiger partial charge in [0, 0.05) is 5.41 Å². The summed E-state index contributed by atoms with van der Waals surface area (Å²) >= 11 is 0. The van der Waals surface area contributed by atoms with E-state index in [9.17, 15) is 0 Å². The van der Waals surface area contributed by atoms with Crippen molar-refractivity contribution in [2.75, 3.05) is 0 Å². The van der Waals surface area contributed by atoms with E-state index in [1.165, 1.54) is 99.1 Å². The Kier molecular flexibility index (Phi) is 4.35. The van der Waals surface area contributed by atoms with Gasteiger partial charge >= 0.3 is 0 Å². The van der Waals surface area contributed by atoms with Gasteiger partial charge in [0.2, 0.25) is 0 Å². The highest BCUT2D eigenvalue weighted by Gasteiger charge is 2.37. The van der Waals surface area contributed by atoms with Crippen molar-refractivity contribution in [1.82, 2.24) is 0 Å². The van der Waals surface area contributed by atoms with E-state index < -0.39 is 0 Å². The summed E-state index contributed by atoms with van der Waals surface area (Å²) in [5, 5.41) is 8.15. The van der Waals surface area contributed by atoms with Crippen molar-refractivity contribution >= 4 is 32.3 Å². The molecule has 10 rings (SSSR count). The van der Waals surface area contributed by atoms with Crippen molar-refractivity contribution in [2.45, 2.75) is 19.3 Å². The van der Waals surface area contributed by atoms with Crippen LogP contribution in [0.1, 0.15) is 25.0 Å². The quantitative estimate of drug-likeness (QED) is 0.190. The van der Waals surface area contributed by atoms with E-state index in [-0.39, 0.29) is 5.41 Å². The first-order valence-corrected chi connectivity index (χ1v) is 15.3. The summed E-state index contributed by atoms with van der Waals surface area (Å²) in [5.41, 5.74) is 16.2. The average molecular weight is 545 g/mol. The molecule has 8 aromatic rings. The molecule has 0 fully saturated rings. The third-order valence-electron chi connectivity index (χ3n) is 10.4. The van der Waals surface area contributed by atoms with Gasteiger partial charge in [-0.25, -0.2) is 0 Å². The van der Waals surface area contributed by atoms with Crippen molar-refractivity contribution in [1.29, 1.82) is 0 Å². The molecule has 0 saturated heterocycles. The molecule has 0 unspecified atom stereocenters. The van der Waals surface area contributed by atoms with Crippen LogP contribution in [0.15, 0.2) is 133 Å². The Bertz CT molecular complexity index is 2440. The van der Waals surface area contributed by atoms with Crippen molar-refractivity contribution in [3.63, 3.8) is 0 Å². The van der Waals surface area contributed by atoms with E-state index in [0.29, 0.717) is 0 Å². The lowest BCUT2D eigenvalue weighted by Gasteiger charge is -2.22. The minimum atomic E-state index is -0.0219. The molecule has 0 radical (unpaired) electrons. The fourth-order valence-corrected chi connectivity index (χ4v) is 8.35. The molecule has 0 heteroatoms. The van der Waals surface area contributed by atoms with Gasteiger partial charge in [0.1, 0.15) is 0 Å². The van der Waals surface area contributed by atoms with Crippen molar-refractivity contribution in [3.05, 3.63) is 145 Å². The molecule has 0 atom stereocenters. The van der Waals surface area contributed by atoms with Gasteiger partial charge in [-0.2, -0.15) is 0 Å². The van der Waals surface area contributed by atoms with Gasteiger partial charge < -0.3 is 0 Å². The van der Waals surface area contributed by atoms with E-state index >= 15 is 0 Å². The summed E-state index contributed by atoms with van der Waals surface area (Å²) in [4.78, 5) is 0. The fourth-order valence-electron chi connectivity index (χ4n) is 8.35. The normalized spacial score (nSPS) is 14.0. The lowest BCUT2D eigenvalue weighted by Crippen LogP contribution is -2.14. The zero-order chi connectivity index (χ0) is 28.4. The summed E-state index contributed by atoms with van der Waals surface area (Å²) in [5.74, 6) is 0. The minimum absolute atomic E-state index is 0.0219. The number of benzene rings is 8. The van der Waals surface area contributed by atoms with Crippen LogP contribution in [-0.2, 0) is 5.41 Å². The Balaban J connectivity index is 1.37. The summed E-state index contributed by atoms with van der Waals surface area (Å²) < 4.78 is 0. The van der Waals surface area contributed by atoms with Crippen molar-refractivity contribution < 1.29 is 0 Å². The largest absolute Gasteiger partial charge is 0.0622 e. The molecule has 0 saturated carbocycles. The Morgan fingerprint density at radius 3 is 1.74 bits per heavy atom. The van der Waals surface area contributed by atoms with Crippen LogP contribution >= 0.6 is 0 Å². The molecule has 0 N–H and O–H groups in total. The standard InChI is InChI=1S/C43H28/c1-43(2)38-16-10-9-15-28(38)35-22-33-34(24-39(35)43)30-20-18-27-17-19-29-31(25-11-5-3-6-12-25)21-32(26-13-7-4-8-14-26)36-23-37(33)42(30)40(27)41(29)36/h3-24H,1-2H3. The minimum Gasteiger partial charge on any atom is -0.0622 e. The fraction of sp³-hybridized carbons (Fsp3) is 0.0698. The maximum absolute atomic E-state index is 2.51. The number of hydrogen-bond acceptors (Lipinski definition) is 0. The number of rotatable bonds is 2. The smallest absolute Gasteiger partial charge is 0.0159 e. The first-order chi connectivity index (χ1) is 21.1. The second kappa shape index (κ2) is 8.00. The summed E-state index contributed by atoms with van der Waals surface area (Å²) in [7, 11) is 0. The van der Waals surface area contributed by atoms with Crippen molar-refractivity contribution in [2.24, 2.45) is 0 Å². The van der Waals surface area contributed by atoms with Crippen LogP contribution in [0.2, 0.25) is 0 Å². The maximum Gasteiger partial charge on any atom is 0.0159 e. The number of hydrogen-bond donors (Lipinski definition) is 0. The van der Waals surface area contributed by atoms with E-state index in [1.807, 2.05) is 0 Å². The molecule has 43 heavy (non-hydrogen) atoms. The predicted molar refractivity (Wildman–Crippen MR) is 183 cm³/mol. The maximum atomic E-state index is 2.51. The van der Waals surface area contributed by atoms with E-state index in [2.05, 4.69) is 147 Å². The van der Waals surface area contributed by atoms with Gasteiger partial charge in [0.15, 0.2) is 0 Å². The van der Waals surface area contributed by atoms with Gasteiger partial charge in [-0.15, -0.1) is 0 Å². The zero-order valence-corrected chi connectivity index (χ0v) is 24.2. The van der Waals surface area contributed by atoms with Gasteiger partial charge in [0.25, 0.3) is 0 Å².